The molecule has 2 aliphatic rings. The van der Waals surface area contributed by atoms with Crippen molar-refractivity contribution in [3.63, 3.8) is 0 Å². The van der Waals surface area contributed by atoms with E-state index < -0.39 is 0 Å². The maximum Gasteiger partial charge on any atom is 0.183 e. The van der Waals surface area contributed by atoms with Gasteiger partial charge in [0.15, 0.2) is 5.78 Å². The molecule has 0 saturated heterocycles. The topological polar surface area (TPSA) is 50.1 Å². The average molecular weight is 219 g/mol. The van der Waals surface area contributed by atoms with Crippen molar-refractivity contribution in [2.45, 2.75) is 39.2 Å². The zero-order chi connectivity index (χ0) is 11.7. The Morgan fingerprint density at radius 3 is 2.88 bits per heavy atom. The highest BCUT2D eigenvalue weighted by atomic mass is 16.5. The van der Waals surface area contributed by atoms with Crippen molar-refractivity contribution in [1.29, 1.82) is 5.26 Å². The molecule has 3 atom stereocenters. The van der Waals surface area contributed by atoms with Crippen LogP contribution < -0.4 is 0 Å². The van der Waals surface area contributed by atoms with Gasteiger partial charge in [0.05, 0.1) is 5.92 Å². The van der Waals surface area contributed by atoms with Gasteiger partial charge in [0.25, 0.3) is 0 Å². The maximum atomic E-state index is 12.0. The van der Waals surface area contributed by atoms with Gasteiger partial charge < -0.3 is 4.74 Å². The van der Waals surface area contributed by atoms with E-state index in [9.17, 15) is 4.79 Å². The molecule has 1 aliphatic heterocycles. The summed E-state index contributed by atoms with van der Waals surface area (Å²) in [5, 5.41) is 8.81. The number of fused-ring (bicyclic) bond motifs is 1. The van der Waals surface area contributed by atoms with Crippen molar-refractivity contribution < 1.29 is 9.53 Å². The number of hydrogen-bond donors (Lipinski definition) is 0. The highest BCUT2D eigenvalue weighted by Crippen LogP contribution is 2.38. The summed E-state index contributed by atoms with van der Waals surface area (Å²) in [7, 11) is 0. The first kappa shape index (κ1) is 11.2. The van der Waals surface area contributed by atoms with Gasteiger partial charge in [0.1, 0.15) is 24.0 Å². The quantitative estimate of drug-likeness (QED) is 0.680. The summed E-state index contributed by atoms with van der Waals surface area (Å²) in [5.74, 6) is 1.10. The van der Waals surface area contributed by atoms with Gasteiger partial charge in [0.2, 0.25) is 0 Å². The summed E-state index contributed by atoms with van der Waals surface area (Å²) in [6, 6.07) is 1.92. The van der Waals surface area contributed by atoms with E-state index in [0.29, 0.717) is 11.8 Å². The molecule has 0 aromatic rings. The van der Waals surface area contributed by atoms with E-state index >= 15 is 0 Å². The van der Waals surface area contributed by atoms with Gasteiger partial charge in [-0.2, -0.15) is 5.26 Å². The third-order valence-corrected chi connectivity index (χ3v) is 3.85. The number of ketones is 1. The van der Waals surface area contributed by atoms with Gasteiger partial charge in [-0.3, -0.25) is 4.79 Å². The Hall–Kier alpha value is -1.30. The predicted molar refractivity (Wildman–Crippen MR) is 59.2 cm³/mol. The molecular formula is C13H17NO2. The Kier molecular flexibility index (Phi) is 3.00. The number of ether oxygens (including phenoxy) is 1. The van der Waals surface area contributed by atoms with E-state index in [2.05, 4.69) is 13.8 Å². The molecule has 3 unspecified atom stereocenters. The van der Waals surface area contributed by atoms with Gasteiger partial charge in [-0.1, -0.05) is 13.8 Å². The summed E-state index contributed by atoms with van der Waals surface area (Å²) >= 11 is 0. The number of carbonyl (C=O) groups excluding carboxylic acids is 1. The summed E-state index contributed by atoms with van der Waals surface area (Å²) in [4.78, 5) is 12.0. The van der Waals surface area contributed by atoms with Crippen LogP contribution in [0.25, 0.3) is 0 Å². The van der Waals surface area contributed by atoms with Crippen LogP contribution >= 0.6 is 0 Å². The second-order valence-corrected chi connectivity index (χ2v) is 5.11. The smallest absolute Gasteiger partial charge is 0.183 e. The lowest BCUT2D eigenvalue weighted by atomic mass is 9.71. The fourth-order valence-electron chi connectivity index (χ4n) is 2.71. The van der Waals surface area contributed by atoms with Crippen LogP contribution in [0.3, 0.4) is 0 Å². The third-order valence-electron chi connectivity index (χ3n) is 3.85. The molecule has 1 fully saturated rings. The lowest BCUT2D eigenvalue weighted by Gasteiger charge is -2.38. The lowest BCUT2D eigenvalue weighted by Crippen LogP contribution is -2.40. The van der Waals surface area contributed by atoms with E-state index in [4.69, 9.17) is 10.00 Å². The first-order valence-corrected chi connectivity index (χ1v) is 5.93. The minimum Gasteiger partial charge on any atom is -0.496 e. The van der Waals surface area contributed by atoms with Crippen LogP contribution in [0.1, 0.15) is 33.1 Å². The van der Waals surface area contributed by atoms with Crippen molar-refractivity contribution >= 4 is 5.78 Å². The molecule has 2 rings (SSSR count). The van der Waals surface area contributed by atoms with Gasteiger partial charge in [0, 0.05) is 0 Å². The summed E-state index contributed by atoms with van der Waals surface area (Å²) in [6.07, 6.45) is 4.30. The van der Waals surface area contributed by atoms with Gasteiger partial charge in [-0.05, 0) is 31.1 Å². The third kappa shape index (κ3) is 1.84. The monoisotopic (exact) mass is 219 g/mol. The van der Waals surface area contributed by atoms with Crippen LogP contribution in [-0.2, 0) is 9.53 Å². The normalized spacial score (nSPS) is 33.8. The Labute approximate surface area is 96.1 Å². The first-order valence-electron chi connectivity index (χ1n) is 5.93. The Morgan fingerprint density at radius 2 is 2.25 bits per heavy atom. The molecule has 0 radical (unpaired) electrons. The lowest BCUT2D eigenvalue weighted by molar-refractivity contribution is -0.128. The van der Waals surface area contributed by atoms with Gasteiger partial charge >= 0.3 is 0 Å². The summed E-state index contributed by atoms with van der Waals surface area (Å²) < 4.78 is 5.48. The molecule has 1 heterocycles. The van der Waals surface area contributed by atoms with Gasteiger partial charge in [-0.25, -0.2) is 0 Å². The summed E-state index contributed by atoms with van der Waals surface area (Å²) in [5.41, 5.74) is 0.186. The number of carbonyl (C=O) groups is 1. The molecular weight excluding hydrogens is 202 g/mol. The number of Topliss-reactive ketones (excluding diaryl/α,β-unsaturated/α-hetero) is 1. The van der Waals surface area contributed by atoms with Crippen LogP contribution in [-0.4, -0.2) is 11.9 Å². The molecule has 0 N–H and O–H groups in total. The standard InChI is InChI=1S/C13H17NO2/c1-8(2)9-3-4-12-11(5-9)13(15)10(6-14)7-16-12/h7-9,11-12H,3-5H2,1-2H3. The van der Waals surface area contributed by atoms with E-state index in [1.165, 1.54) is 6.26 Å². The molecule has 3 nitrogen and oxygen atoms in total. The summed E-state index contributed by atoms with van der Waals surface area (Å²) in [6.45, 7) is 4.39. The number of nitrogens with zero attached hydrogens (tertiary/aromatic N) is 1. The number of nitriles is 1. The fourth-order valence-corrected chi connectivity index (χ4v) is 2.71. The zero-order valence-electron chi connectivity index (χ0n) is 9.77. The van der Waals surface area contributed by atoms with Crippen molar-refractivity contribution in [1.82, 2.24) is 0 Å². The molecule has 0 amide bonds. The van der Waals surface area contributed by atoms with Crippen molar-refractivity contribution in [2.24, 2.45) is 17.8 Å². The number of hydrogen-bond acceptors (Lipinski definition) is 3. The van der Waals surface area contributed by atoms with Crippen LogP contribution in [0.2, 0.25) is 0 Å². The highest BCUT2D eigenvalue weighted by molar-refractivity contribution is 6.01. The number of allylic oxidation sites excluding steroid dienone is 1. The molecule has 0 bridgehead atoms. The molecule has 3 heteroatoms. The molecule has 0 aromatic carbocycles. The molecule has 16 heavy (non-hydrogen) atoms. The van der Waals surface area contributed by atoms with Crippen LogP contribution in [0, 0.1) is 29.1 Å². The molecule has 86 valence electrons. The molecule has 0 spiro atoms. The van der Waals surface area contributed by atoms with Crippen LogP contribution in [0.5, 0.6) is 0 Å². The first-order chi connectivity index (χ1) is 7.63. The molecule has 1 saturated carbocycles. The number of rotatable bonds is 1. The van der Waals surface area contributed by atoms with E-state index in [-0.39, 0.29) is 23.4 Å². The van der Waals surface area contributed by atoms with Gasteiger partial charge in [-0.15, -0.1) is 0 Å². The Balaban J connectivity index is 2.15. The minimum absolute atomic E-state index is 0.0101. The Morgan fingerprint density at radius 1 is 1.50 bits per heavy atom. The largest absolute Gasteiger partial charge is 0.496 e. The Bertz CT molecular complexity index is 365. The molecule has 1 aliphatic carbocycles. The van der Waals surface area contributed by atoms with E-state index in [1.54, 1.807) is 0 Å². The SMILES string of the molecule is CC(C)C1CCC2OC=C(C#N)C(=O)C2C1. The van der Waals surface area contributed by atoms with Crippen molar-refractivity contribution in [3.05, 3.63) is 11.8 Å². The zero-order valence-corrected chi connectivity index (χ0v) is 9.77. The average Bonchev–Trinajstić information content (AvgIpc) is 2.29. The predicted octanol–water partition coefficient (Wildman–Crippen LogP) is 2.43. The second-order valence-electron chi connectivity index (χ2n) is 5.11. The maximum absolute atomic E-state index is 12.0. The molecule has 0 aromatic heterocycles. The van der Waals surface area contributed by atoms with Crippen LogP contribution in [0.15, 0.2) is 11.8 Å². The van der Waals surface area contributed by atoms with Crippen molar-refractivity contribution in [2.75, 3.05) is 0 Å². The fraction of sp³-hybridized carbons (Fsp3) is 0.692. The highest BCUT2D eigenvalue weighted by Gasteiger charge is 2.40. The van der Waals surface area contributed by atoms with Crippen LogP contribution in [0.4, 0.5) is 0 Å². The van der Waals surface area contributed by atoms with E-state index in [0.717, 1.165) is 19.3 Å². The second kappa shape index (κ2) is 4.29. The van der Waals surface area contributed by atoms with E-state index in [1.807, 2.05) is 6.07 Å². The minimum atomic E-state index is -0.0826. The van der Waals surface area contributed by atoms with Crippen molar-refractivity contribution in [3.8, 4) is 6.07 Å².